The molecule has 3 aromatic rings. The predicted molar refractivity (Wildman–Crippen MR) is 115 cm³/mol. The molecule has 0 aliphatic carbocycles. The third kappa shape index (κ3) is 4.71. The van der Waals surface area contributed by atoms with Gasteiger partial charge in [0.15, 0.2) is 21.6 Å². The average molecular weight is 458 g/mol. The summed E-state index contributed by atoms with van der Waals surface area (Å²) in [6.45, 7) is 8.23. The quantitative estimate of drug-likeness (QED) is 0.380. The molecule has 158 valence electrons. The van der Waals surface area contributed by atoms with Crippen LogP contribution in [0, 0.1) is 6.92 Å². The maximum Gasteiger partial charge on any atom is 0.253 e. The Morgan fingerprint density at radius 1 is 1.28 bits per heavy atom. The molecular weight excluding hydrogens is 434 g/mol. The van der Waals surface area contributed by atoms with Crippen LogP contribution in [0.5, 0.6) is 5.75 Å². The minimum Gasteiger partial charge on any atom is -0.504 e. The minimum absolute atomic E-state index is 0.131. The first-order chi connectivity index (χ1) is 13.7. The van der Waals surface area contributed by atoms with E-state index in [1.54, 1.807) is 20.1 Å². The van der Waals surface area contributed by atoms with Crippen LogP contribution in [0.25, 0.3) is 0 Å². The molecule has 0 aliphatic heterocycles. The van der Waals surface area contributed by atoms with Crippen molar-refractivity contribution in [2.24, 2.45) is 0 Å². The Bertz CT molecular complexity index is 1080. The van der Waals surface area contributed by atoms with Gasteiger partial charge in [0.2, 0.25) is 0 Å². The molecule has 12 heteroatoms. The van der Waals surface area contributed by atoms with Gasteiger partial charge >= 0.3 is 0 Å². The van der Waals surface area contributed by atoms with Crippen molar-refractivity contribution in [3.8, 4) is 5.75 Å². The SMILES string of the molecule is CCNS(=O)(=O)c1sc(C)c(Nc2nsnc2NCc2cc(C(C)C)co2)c1O. The van der Waals surface area contributed by atoms with Crippen LogP contribution in [0.2, 0.25) is 0 Å². The van der Waals surface area contributed by atoms with E-state index in [2.05, 4.69) is 38.0 Å². The second kappa shape index (κ2) is 8.69. The number of anilines is 3. The Morgan fingerprint density at radius 2 is 2.00 bits per heavy atom. The van der Waals surface area contributed by atoms with Crippen molar-refractivity contribution in [1.82, 2.24) is 13.5 Å². The summed E-state index contributed by atoms with van der Waals surface area (Å²) in [5.74, 6) is 1.69. The average Bonchev–Trinajstić information content (AvgIpc) is 3.36. The number of thiophene rings is 1. The first kappa shape index (κ1) is 21.6. The van der Waals surface area contributed by atoms with E-state index in [4.69, 9.17) is 4.42 Å². The van der Waals surface area contributed by atoms with Crippen LogP contribution >= 0.6 is 23.1 Å². The first-order valence-corrected chi connectivity index (χ1v) is 12.0. The van der Waals surface area contributed by atoms with Crippen molar-refractivity contribution in [2.75, 3.05) is 17.2 Å². The molecule has 9 nitrogen and oxygen atoms in total. The number of aromatic nitrogens is 2. The number of hydrogen-bond donors (Lipinski definition) is 4. The molecule has 0 atom stereocenters. The Balaban J connectivity index is 1.77. The van der Waals surface area contributed by atoms with E-state index in [1.165, 1.54) is 0 Å². The molecule has 0 aliphatic rings. The van der Waals surface area contributed by atoms with Gasteiger partial charge in [-0.05, 0) is 24.5 Å². The Morgan fingerprint density at radius 3 is 2.66 bits per heavy atom. The van der Waals surface area contributed by atoms with Gasteiger partial charge in [0, 0.05) is 11.4 Å². The molecule has 0 spiro atoms. The summed E-state index contributed by atoms with van der Waals surface area (Å²) in [6, 6.07) is 1.98. The van der Waals surface area contributed by atoms with Gasteiger partial charge in [-0.2, -0.15) is 8.75 Å². The van der Waals surface area contributed by atoms with Crippen LogP contribution in [0.15, 0.2) is 21.0 Å². The summed E-state index contributed by atoms with van der Waals surface area (Å²) >= 11 is 1.99. The maximum absolute atomic E-state index is 12.3. The summed E-state index contributed by atoms with van der Waals surface area (Å²) < 4.78 is 40.7. The van der Waals surface area contributed by atoms with Crippen LogP contribution in [0.3, 0.4) is 0 Å². The fourth-order valence-electron chi connectivity index (χ4n) is 2.56. The molecule has 0 amide bonds. The largest absolute Gasteiger partial charge is 0.504 e. The lowest BCUT2D eigenvalue weighted by molar-refractivity contribution is 0.465. The highest BCUT2D eigenvalue weighted by Gasteiger charge is 2.26. The number of aromatic hydroxyl groups is 1. The summed E-state index contributed by atoms with van der Waals surface area (Å²) in [6.07, 6.45) is 1.74. The van der Waals surface area contributed by atoms with Gasteiger partial charge in [-0.1, -0.05) is 20.8 Å². The van der Waals surface area contributed by atoms with Crippen molar-refractivity contribution in [3.05, 3.63) is 28.5 Å². The number of furan rings is 1. The van der Waals surface area contributed by atoms with Gasteiger partial charge in [0.25, 0.3) is 10.0 Å². The first-order valence-electron chi connectivity index (χ1n) is 8.95. The van der Waals surface area contributed by atoms with E-state index < -0.39 is 10.0 Å². The second-order valence-electron chi connectivity index (χ2n) is 6.61. The summed E-state index contributed by atoms with van der Waals surface area (Å²) in [5, 5.41) is 16.6. The van der Waals surface area contributed by atoms with Crippen molar-refractivity contribution < 1.29 is 17.9 Å². The highest BCUT2D eigenvalue weighted by atomic mass is 32.2. The van der Waals surface area contributed by atoms with Crippen LogP contribution in [0.4, 0.5) is 17.3 Å². The fraction of sp³-hybridized carbons (Fsp3) is 0.412. The third-order valence-corrected chi connectivity index (χ3v) is 7.79. The van der Waals surface area contributed by atoms with Crippen molar-refractivity contribution >= 4 is 50.4 Å². The summed E-state index contributed by atoms with van der Waals surface area (Å²) in [5.41, 5.74) is 1.41. The lowest BCUT2D eigenvalue weighted by Crippen LogP contribution is -2.22. The number of aryl methyl sites for hydroxylation is 1. The molecule has 0 radical (unpaired) electrons. The molecule has 29 heavy (non-hydrogen) atoms. The zero-order valence-corrected chi connectivity index (χ0v) is 18.9. The molecule has 0 saturated heterocycles. The van der Waals surface area contributed by atoms with Gasteiger partial charge in [-0.25, -0.2) is 13.1 Å². The van der Waals surface area contributed by atoms with Gasteiger partial charge < -0.3 is 20.2 Å². The standard InChI is InChI=1S/C17H23N5O4S3/c1-5-19-29(24,25)17-14(23)13(10(4)27-17)20-16-15(21-28-22-16)18-7-12-6-11(8-26-12)9(2)3/h6,8-9,19,23H,5,7H2,1-4H3,(H,18,21)(H,20,22). The van der Waals surface area contributed by atoms with Gasteiger partial charge in [0.1, 0.15) is 5.76 Å². The van der Waals surface area contributed by atoms with Crippen LogP contribution in [-0.2, 0) is 16.6 Å². The van der Waals surface area contributed by atoms with Crippen LogP contribution in [0.1, 0.15) is 42.9 Å². The lowest BCUT2D eigenvalue weighted by atomic mass is 10.1. The smallest absolute Gasteiger partial charge is 0.253 e. The molecule has 0 fully saturated rings. The van der Waals surface area contributed by atoms with Crippen molar-refractivity contribution in [1.29, 1.82) is 0 Å². The lowest BCUT2D eigenvalue weighted by Gasteiger charge is -2.07. The molecule has 4 N–H and O–H groups in total. The van der Waals surface area contributed by atoms with Gasteiger partial charge in [-0.3, -0.25) is 0 Å². The van der Waals surface area contributed by atoms with E-state index in [1.807, 2.05) is 6.07 Å². The molecule has 3 aromatic heterocycles. The second-order valence-corrected chi connectivity index (χ2v) is 10.3. The summed E-state index contributed by atoms with van der Waals surface area (Å²) in [7, 11) is -3.77. The predicted octanol–water partition coefficient (Wildman–Crippen LogP) is 3.98. The normalized spacial score (nSPS) is 11.9. The highest BCUT2D eigenvalue weighted by molar-refractivity contribution is 7.91. The Hall–Kier alpha value is -2.15. The number of nitrogens with zero attached hydrogens (tertiary/aromatic N) is 2. The zero-order chi connectivity index (χ0) is 21.2. The maximum atomic E-state index is 12.3. The molecule has 3 rings (SSSR count). The molecule has 0 unspecified atom stereocenters. The van der Waals surface area contributed by atoms with E-state index in [-0.39, 0.29) is 16.5 Å². The topological polar surface area (TPSA) is 129 Å². The number of sulfonamides is 1. The van der Waals surface area contributed by atoms with E-state index >= 15 is 0 Å². The Labute approximate surface area is 177 Å². The van der Waals surface area contributed by atoms with Gasteiger partial charge in [-0.15, -0.1) is 11.3 Å². The molecule has 0 saturated carbocycles. The number of rotatable bonds is 9. The van der Waals surface area contributed by atoms with Crippen molar-refractivity contribution in [2.45, 2.75) is 44.4 Å². The highest BCUT2D eigenvalue weighted by Crippen LogP contribution is 2.43. The van der Waals surface area contributed by atoms with E-state index in [9.17, 15) is 13.5 Å². The Kier molecular flexibility index (Phi) is 6.46. The van der Waals surface area contributed by atoms with Crippen LogP contribution in [-0.4, -0.2) is 28.8 Å². The third-order valence-electron chi connectivity index (χ3n) is 4.11. The fourth-order valence-corrected chi connectivity index (χ4v) is 5.63. The molecular formula is C17H23N5O4S3. The molecule has 0 bridgehead atoms. The van der Waals surface area contributed by atoms with E-state index in [0.717, 1.165) is 34.4 Å². The minimum atomic E-state index is -3.77. The van der Waals surface area contributed by atoms with Crippen LogP contribution < -0.4 is 15.4 Å². The number of nitrogens with one attached hydrogen (secondary N) is 3. The zero-order valence-electron chi connectivity index (χ0n) is 16.4. The molecule has 0 aromatic carbocycles. The van der Waals surface area contributed by atoms with E-state index in [0.29, 0.717) is 34.7 Å². The molecule has 3 heterocycles. The number of hydrogen-bond acceptors (Lipinski definition) is 10. The summed E-state index contributed by atoms with van der Waals surface area (Å²) in [4.78, 5) is 0.616. The van der Waals surface area contributed by atoms with Crippen molar-refractivity contribution in [3.63, 3.8) is 0 Å². The monoisotopic (exact) mass is 457 g/mol. The van der Waals surface area contributed by atoms with Gasteiger partial charge in [0.05, 0.1) is 30.2 Å².